The van der Waals surface area contributed by atoms with E-state index in [1.807, 2.05) is 6.07 Å². The fourth-order valence-corrected chi connectivity index (χ4v) is 3.00. The maximum absolute atomic E-state index is 13.1. The second-order valence-corrected chi connectivity index (χ2v) is 6.11. The molecule has 1 aromatic carbocycles. The van der Waals surface area contributed by atoms with Crippen LogP contribution in [-0.4, -0.2) is 34.6 Å². The van der Waals surface area contributed by atoms with Gasteiger partial charge in [0.2, 0.25) is 5.95 Å². The van der Waals surface area contributed by atoms with Crippen molar-refractivity contribution < 1.29 is 9.13 Å². The third-order valence-corrected chi connectivity index (χ3v) is 4.25. The second kappa shape index (κ2) is 5.75. The van der Waals surface area contributed by atoms with Gasteiger partial charge in [-0.15, -0.1) is 0 Å². The van der Waals surface area contributed by atoms with Crippen molar-refractivity contribution >= 4 is 17.5 Å². The number of aromatic nitrogens is 2. The Morgan fingerprint density at radius 2 is 2.13 bits per heavy atom. The van der Waals surface area contributed by atoms with E-state index in [0.29, 0.717) is 11.9 Å². The van der Waals surface area contributed by atoms with Crippen molar-refractivity contribution in [2.45, 2.75) is 13.1 Å². The fraction of sp³-hybridized carbons (Fsp3) is 0.375. The van der Waals surface area contributed by atoms with Crippen molar-refractivity contribution in [1.82, 2.24) is 14.9 Å². The first-order valence-corrected chi connectivity index (χ1v) is 7.64. The molecular weight excluding hydrogens is 297 g/mol. The highest BCUT2D eigenvalue weighted by atomic mass is 19.1. The number of nitrogens with zero attached hydrogens (tertiary/aromatic N) is 3. The highest BCUT2D eigenvalue weighted by molar-refractivity contribution is 5.57. The summed E-state index contributed by atoms with van der Waals surface area (Å²) in [6.45, 7) is 4.75. The number of hydrogen-bond donors (Lipinski definition) is 2. The third-order valence-electron chi connectivity index (χ3n) is 4.25. The second-order valence-electron chi connectivity index (χ2n) is 6.11. The van der Waals surface area contributed by atoms with Gasteiger partial charge in [-0.25, -0.2) is 9.37 Å². The third kappa shape index (κ3) is 2.97. The van der Waals surface area contributed by atoms with Crippen LogP contribution in [0.4, 0.5) is 21.8 Å². The lowest BCUT2D eigenvalue weighted by molar-refractivity contribution is -0.0471. The van der Waals surface area contributed by atoms with E-state index >= 15 is 0 Å². The molecule has 23 heavy (non-hydrogen) atoms. The first-order valence-electron chi connectivity index (χ1n) is 7.64. The minimum atomic E-state index is -0.611. The maximum atomic E-state index is 13.1. The van der Waals surface area contributed by atoms with Gasteiger partial charge in [-0.3, -0.25) is 4.90 Å². The molecule has 4 rings (SSSR count). The van der Waals surface area contributed by atoms with E-state index < -0.39 is 5.82 Å². The number of halogens is 1. The quantitative estimate of drug-likeness (QED) is 0.897. The van der Waals surface area contributed by atoms with E-state index in [9.17, 15) is 4.39 Å². The van der Waals surface area contributed by atoms with Gasteiger partial charge in [0.15, 0.2) is 11.6 Å². The fourth-order valence-electron chi connectivity index (χ4n) is 3.00. The zero-order valence-electron chi connectivity index (χ0n) is 12.6. The molecule has 2 aliphatic heterocycles. The van der Waals surface area contributed by atoms with Gasteiger partial charge in [0.1, 0.15) is 0 Å². The normalized spacial score (nSPS) is 17.8. The SMILES string of the molecule is Nc1nc(Nc2ccc3c(c2)CN(CC2COC2)C3)ncc1F. The molecule has 7 heteroatoms. The van der Waals surface area contributed by atoms with Crippen LogP contribution < -0.4 is 11.1 Å². The molecule has 120 valence electrons. The molecule has 1 fully saturated rings. The van der Waals surface area contributed by atoms with Gasteiger partial charge in [0.25, 0.3) is 0 Å². The molecule has 0 amide bonds. The van der Waals surface area contributed by atoms with Crippen LogP contribution in [0.25, 0.3) is 0 Å². The first-order chi connectivity index (χ1) is 11.2. The molecule has 0 radical (unpaired) electrons. The topological polar surface area (TPSA) is 76.3 Å². The largest absolute Gasteiger partial charge is 0.381 e. The van der Waals surface area contributed by atoms with Gasteiger partial charge < -0.3 is 15.8 Å². The number of fused-ring (bicyclic) bond motifs is 1. The van der Waals surface area contributed by atoms with Crippen LogP contribution in [0.5, 0.6) is 0 Å². The van der Waals surface area contributed by atoms with Gasteiger partial charge in [-0.05, 0) is 23.3 Å². The van der Waals surface area contributed by atoms with E-state index in [0.717, 1.165) is 44.7 Å². The van der Waals surface area contributed by atoms with E-state index in [1.165, 1.54) is 11.1 Å². The van der Waals surface area contributed by atoms with Crippen LogP contribution in [-0.2, 0) is 17.8 Å². The predicted molar refractivity (Wildman–Crippen MR) is 84.6 cm³/mol. The van der Waals surface area contributed by atoms with E-state index in [4.69, 9.17) is 10.5 Å². The predicted octanol–water partition coefficient (Wildman–Crippen LogP) is 1.90. The van der Waals surface area contributed by atoms with E-state index in [1.54, 1.807) is 0 Å². The molecule has 1 aromatic heterocycles. The Balaban J connectivity index is 1.45. The van der Waals surface area contributed by atoms with Crippen LogP contribution in [0, 0.1) is 11.7 Å². The molecule has 0 aliphatic carbocycles. The zero-order chi connectivity index (χ0) is 15.8. The Kier molecular flexibility index (Phi) is 3.59. The van der Waals surface area contributed by atoms with E-state index in [2.05, 4.69) is 32.3 Å². The number of nitrogens with two attached hydrogens (primary N) is 1. The monoisotopic (exact) mass is 315 g/mol. The molecule has 0 spiro atoms. The van der Waals surface area contributed by atoms with Crippen LogP contribution >= 0.6 is 0 Å². The molecule has 3 heterocycles. The van der Waals surface area contributed by atoms with Crippen molar-refractivity contribution in [1.29, 1.82) is 0 Å². The van der Waals surface area contributed by atoms with Crippen molar-refractivity contribution in [3.8, 4) is 0 Å². The number of rotatable bonds is 4. The molecule has 2 aromatic rings. The molecule has 0 atom stereocenters. The average Bonchev–Trinajstić information content (AvgIpc) is 2.89. The van der Waals surface area contributed by atoms with Crippen LogP contribution in [0.15, 0.2) is 24.4 Å². The summed E-state index contributed by atoms with van der Waals surface area (Å²) < 4.78 is 18.3. The van der Waals surface area contributed by atoms with Gasteiger partial charge in [-0.1, -0.05) is 6.07 Å². The Bertz CT molecular complexity index is 734. The minimum Gasteiger partial charge on any atom is -0.381 e. The summed E-state index contributed by atoms with van der Waals surface area (Å²) in [5.74, 6) is 0.195. The summed E-state index contributed by atoms with van der Waals surface area (Å²) in [5, 5.41) is 3.07. The highest BCUT2D eigenvalue weighted by Gasteiger charge is 2.25. The number of nitrogen functional groups attached to an aromatic ring is 1. The summed E-state index contributed by atoms with van der Waals surface area (Å²) in [5.41, 5.74) is 8.98. The number of ether oxygens (including phenoxy) is 1. The maximum Gasteiger partial charge on any atom is 0.229 e. The van der Waals surface area contributed by atoms with Crippen LogP contribution in [0.3, 0.4) is 0 Å². The number of benzene rings is 1. The molecule has 6 nitrogen and oxygen atoms in total. The molecule has 0 saturated carbocycles. The summed E-state index contributed by atoms with van der Waals surface area (Å²) in [7, 11) is 0. The first kappa shape index (κ1) is 14.3. The van der Waals surface area contributed by atoms with Crippen molar-refractivity contribution in [2.24, 2.45) is 5.92 Å². The Morgan fingerprint density at radius 3 is 2.87 bits per heavy atom. The van der Waals surface area contributed by atoms with E-state index in [-0.39, 0.29) is 5.82 Å². The minimum absolute atomic E-state index is 0.155. The Morgan fingerprint density at radius 1 is 1.30 bits per heavy atom. The number of nitrogens with one attached hydrogen (secondary N) is 1. The van der Waals surface area contributed by atoms with Crippen LogP contribution in [0.2, 0.25) is 0 Å². The molecule has 0 bridgehead atoms. The van der Waals surface area contributed by atoms with Crippen LogP contribution in [0.1, 0.15) is 11.1 Å². The highest BCUT2D eigenvalue weighted by Crippen LogP contribution is 2.28. The Labute approximate surface area is 133 Å². The molecular formula is C16H18FN5O. The number of hydrogen-bond acceptors (Lipinski definition) is 6. The van der Waals surface area contributed by atoms with Crippen molar-refractivity contribution in [3.63, 3.8) is 0 Å². The number of anilines is 3. The molecule has 3 N–H and O–H groups in total. The van der Waals surface area contributed by atoms with Gasteiger partial charge in [0.05, 0.1) is 19.4 Å². The van der Waals surface area contributed by atoms with Gasteiger partial charge >= 0.3 is 0 Å². The lowest BCUT2D eigenvalue weighted by Gasteiger charge is -2.29. The molecule has 1 saturated heterocycles. The van der Waals surface area contributed by atoms with Crippen molar-refractivity contribution in [2.75, 3.05) is 30.8 Å². The summed E-state index contributed by atoms with van der Waals surface area (Å²) in [6.07, 6.45) is 1.07. The lowest BCUT2D eigenvalue weighted by atomic mass is 10.1. The molecule has 2 aliphatic rings. The lowest BCUT2D eigenvalue weighted by Crippen LogP contribution is -2.37. The average molecular weight is 315 g/mol. The van der Waals surface area contributed by atoms with Crippen molar-refractivity contribution in [3.05, 3.63) is 41.3 Å². The Hall–Kier alpha value is -2.25. The van der Waals surface area contributed by atoms with Gasteiger partial charge in [0, 0.05) is 31.2 Å². The van der Waals surface area contributed by atoms with Gasteiger partial charge in [-0.2, -0.15) is 4.98 Å². The summed E-state index contributed by atoms with van der Waals surface area (Å²) in [4.78, 5) is 10.2. The summed E-state index contributed by atoms with van der Waals surface area (Å²) >= 11 is 0. The summed E-state index contributed by atoms with van der Waals surface area (Å²) in [6, 6.07) is 6.19. The smallest absolute Gasteiger partial charge is 0.229 e. The molecule has 0 unspecified atom stereocenters. The standard InChI is InChI=1S/C16H18FN5O/c17-14-4-19-16(21-15(14)18)20-13-2-1-11-6-22(7-12(11)3-13)5-10-8-23-9-10/h1-4,10H,5-9H2,(H3,18,19,20,21). The zero-order valence-corrected chi connectivity index (χ0v) is 12.6.